The monoisotopic (exact) mass is 376 g/mol. The second-order valence-electron chi connectivity index (χ2n) is 5.81. The Hall–Kier alpha value is -3.03. The van der Waals surface area contributed by atoms with Crippen molar-refractivity contribution in [2.75, 3.05) is 13.2 Å². The summed E-state index contributed by atoms with van der Waals surface area (Å²) in [5.41, 5.74) is 0.732. The average Bonchev–Trinajstić information content (AvgIpc) is 2.94. The molecule has 0 aliphatic heterocycles. The highest BCUT2D eigenvalue weighted by Gasteiger charge is 2.27. The van der Waals surface area contributed by atoms with Gasteiger partial charge in [0.2, 0.25) is 0 Å². The van der Waals surface area contributed by atoms with Crippen molar-refractivity contribution in [3.05, 3.63) is 52.1 Å². The van der Waals surface area contributed by atoms with Crippen LogP contribution in [0.15, 0.2) is 18.2 Å². The number of ketones is 1. The molecule has 0 N–H and O–H groups in total. The number of ether oxygens (including phenoxy) is 2. The summed E-state index contributed by atoms with van der Waals surface area (Å²) in [7, 11) is 0. The van der Waals surface area contributed by atoms with Gasteiger partial charge in [0.05, 0.1) is 13.2 Å². The molecule has 27 heavy (non-hydrogen) atoms. The second kappa shape index (κ2) is 8.57. The fourth-order valence-corrected chi connectivity index (χ4v) is 2.51. The van der Waals surface area contributed by atoms with E-state index in [0.29, 0.717) is 5.56 Å². The van der Waals surface area contributed by atoms with Gasteiger partial charge in [-0.1, -0.05) is 12.1 Å². The fraction of sp³-hybridized carbons (Fsp3) is 0.368. The van der Waals surface area contributed by atoms with Crippen LogP contribution in [0, 0.1) is 19.7 Å². The quantitative estimate of drug-likeness (QED) is 0.545. The van der Waals surface area contributed by atoms with E-state index in [9.17, 15) is 18.8 Å². The summed E-state index contributed by atoms with van der Waals surface area (Å²) < 4.78 is 24.8. The summed E-state index contributed by atoms with van der Waals surface area (Å²) in [4.78, 5) is 36.9. The molecule has 0 bridgehead atoms. The number of nitrogens with zero attached hydrogens (tertiary/aromatic N) is 2. The van der Waals surface area contributed by atoms with Crippen molar-refractivity contribution in [3.8, 4) is 0 Å². The van der Waals surface area contributed by atoms with E-state index in [1.165, 1.54) is 19.1 Å². The first kappa shape index (κ1) is 20.3. The van der Waals surface area contributed by atoms with Crippen molar-refractivity contribution in [1.29, 1.82) is 0 Å². The number of carbonyl (C=O) groups is 3. The highest BCUT2D eigenvalue weighted by atomic mass is 19.1. The summed E-state index contributed by atoms with van der Waals surface area (Å²) in [5, 5.41) is 4.06. The number of aromatic nitrogens is 2. The lowest BCUT2D eigenvalue weighted by atomic mass is 10.1. The molecule has 0 saturated carbocycles. The van der Waals surface area contributed by atoms with Crippen LogP contribution in [-0.2, 0) is 16.0 Å². The van der Waals surface area contributed by atoms with E-state index in [0.717, 1.165) is 10.7 Å². The number of rotatable bonds is 7. The molecular formula is C19H21FN2O5. The molecule has 0 fully saturated rings. The van der Waals surface area contributed by atoms with E-state index in [1.54, 1.807) is 20.8 Å². The Labute approximate surface area is 156 Å². The van der Waals surface area contributed by atoms with Gasteiger partial charge in [0.25, 0.3) is 0 Å². The van der Waals surface area contributed by atoms with Crippen LogP contribution in [0.1, 0.15) is 56.3 Å². The van der Waals surface area contributed by atoms with Gasteiger partial charge in [-0.15, -0.1) is 0 Å². The van der Waals surface area contributed by atoms with Gasteiger partial charge in [-0.2, -0.15) is 5.10 Å². The number of esters is 2. The summed E-state index contributed by atoms with van der Waals surface area (Å²) in [6.07, 6.45) is 0. The Morgan fingerprint density at radius 1 is 1.07 bits per heavy atom. The van der Waals surface area contributed by atoms with Crippen LogP contribution in [0.5, 0.6) is 0 Å². The van der Waals surface area contributed by atoms with Crippen molar-refractivity contribution in [2.45, 2.75) is 34.2 Å². The Balaban J connectivity index is 2.42. The number of hydrogen-bond acceptors (Lipinski definition) is 6. The van der Waals surface area contributed by atoms with E-state index < -0.39 is 23.5 Å². The third kappa shape index (κ3) is 4.39. The highest BCUT2D eigenvalue weighted by Crippen LogP contribution is 2.18. The highest BCUT2D eigenvalue weighted by molar-refractivity contribution is 5.98. The molecule has 0 amide bonds. The molecule has 0 aliphatic rings. The largest absolute Gasteiger partial charge is 0.461 e. The lowest BCUT2D eigenvalue weighted by molar-refractivity contribution is 0.0505. The first-order valence-corrected chi connectivity index (χ1v) is 8.51. The topological polar surface area (TPSA) is 87.5 Å². The number of benzene rings is 1. The zero-order valence-corrected chi connectivity index (χ0v) is 15.7. The smallest absolute Gasteiger partial charge is 0.359 e. The van der Waals surface area contributed by atoms with Gasteiger partial charge in [-0.05, 0) is 39.3 Å². The Morgan fingerprint density at radius 3 is 2.30 bits per heavy atom. The lowest BCUT2D eigenvalue weighted by Crippen LogP contribution is -2.19. The normalized spacial score (nSPS) is 10.6. The van der Waals surface area contributed by atoms with Crippen molar-refractivity contribution in [1.82, 2.24) is 9.78 Å². The second-order valence-corrected chi connectivity index (χ2v) is 5.81. The third-order valence-corrected chi connectivity index (χ3v) is 3.91. The van der Waals surface area contributed by atoms with Gasteiger partial charge in [0, 0.05) is 11.1 Å². The zero-order chi connectivity index (χ0) is 20.1. The zero-order valence-electron chi connectivity index (χ0n) is 15.7. The van der Waals surface area contributed by atoms with Crippen molar-refractivity contribution in [3.63, 3.8) is 0 Å². The van der Waals surface area contributed by atoms with Gasteiger partial charge >= 0.3 is 11.9 Å². The molecule has 2 rings (SSSR count). The molecule has 0 radical (unpaired) electrons. The van der Waals surface area contributed by atoms with Crippen LogP contribution < -0.4 is 0 Å². The molecule has 0 atom stereocenters. The van der Waals surface area contributed by atoms with Gasteiger partial charge in [0.1, 0.15) is 12.4 Å². The molecular weight excluding hydrogens is 355 g/mol. The number of Topliss-reactive ketones (excluding diaryl/α,β-unsaturated/α-hetero) is 1. The maximum absolute atomic E-state index is 13.7. The summed E-state index contributed by atoms with van der Waals surface area (Å²) in [5.74, 6) is -2.37. The summed E-state index contributed by atoms with van der Waals surface area (Å²) >= 11 is 0. The van der Waals surface area contributed by atoms with Crippen LogP contribution in [0.25, 0.3) is 0 Å². The Bertz CT molecular complexity index is 888. The SMILES string of the molecule is CCOC(=O)c1nn(CC(=O)c2ccc(C)c(F)c2)c(C(=O)OCC)c1C. The van der Waals surface area contributed by atoms with E-state index in [1.807, 2.05) is 0 Å². The first-order valence-electron chi connectivity index (χ1n) is 8.51. The van der Waals surface area contributed by atoms with Crippen molar-refractivity contribution < 1.29 is 28.2 Å². The average molecular weight is 376 g/mol. The van der Waals surface area contributed by atoms with Crippen LogP contribution in [0.2, 0.25) is 0 Å². The molecule has 0 saturated heterocycles. The molecule has 1 heterocycles. The standard InChI is InChI=1S/C19H21FN2O5/c1-5-26-18(24)16-12(4)17(19(25)27-6-2)22(21-16)10-15(23)13-8-7-11(3)14(20)9-13/h7-9H,5-6,10H2,1-4H3. The Kier molecular flexibility index (Phi) is 6.44. The van der Waals surface area contributed by atoms with Crippen LogP contribution in [0.3, 0.4) is 0 Å². The van der Waals surface area contributed by atoms with Crippen molar-refractivity contribution in [2.24, 2.45) is 0 Å². The fourth-order valence-electron chi connectivity index (χ4n) is 2.51. The predicted molar refractivity (Wildman–Crippen MR) is 94.3 cm³/mol. The molecule has 8 heteroatoms. The molecule has 2 aromatic rings. The van der Waals surface area contributed by atoms with E-state index in [2.05, 4.69) is 5.10 Å². The molecule has 1 aromatic carbocycles. The number of hydrogen-bond donors (Lipinski definition) is 0. The molecule has 0 spiro atoms. The van der Waals surface area contributed by atoms with Gasteiger partial charge < -0.3 is 9.47 Å². The Morgan fingerprint density at radius 2 is 1.70 bits per heavy atom. The summed E-state index contributed by atoms with van der Waals surface area (Å²) in [6, 6.07) is 4.12. The maximum atomic E-state index is 13.7. The molecule has 0 aliphatic carbocycles. The number of carbonyl (C=O) groups excluding carboxylic acids is 3. The van der Waals surface area contributed by atoms with Crippen LogP contribution in [-0.4, -0.2) is 40.7 Å². The number of halogens is 1. The molecule has 0 unspecified atom stereocenters. The minimum atomic E-state index is -0.707. The van der Waals surface area contributed by atoms with E-state index in [4.69, 9.17) is 9.47 Å². The van der Waals surface area contributed by atoms with Crippen LogP contribution >= 0.6 is 0 Å². The van der Waals surface area contributed by atoms with Crippen LogP contribution in [0.4, 0.5) is 4.39 Å². The third-order valence-electron chi connectivity index (χ3n) is 3.91. The summed E-state index contributed by atoms with van der Waals surface area (Å²) in [6.45, 7) is 6.31. The van der Waals surface area contributed by atoms with Gasteiger partial charge in [0.15, 0.2) is 17.2 Å². The predicted octanol–water partition coefficient (Wildman–Crippen LogP) is 2.88. The van der Waals surface area contributed by atoms with E-state index >= 15 is 0 Å². The van der Waals surface area contributed by atoms with Crippen molar-refractivity contribution >= 4 is 17.7 Å². The molecule has 144 valence electrons. The minimum absolute atomic E-state index is 0.0131. The molecule has 1 aromatic heterocycles. The van der Waals surface area contributed by atoms with Gasteiger partial charge in [-0.3, -0.25) is 4.79 Å². The van der Waals surface area contributed by atoms with E-state index in [-0.39, 0.29) is 42.3 Å². The number of aryl methyl sites for hydroxylation is 1. The first-order chi connectivity index (χ1) is 12.8. The molecule has 7 nitrogen and oxygen atoms in total. The van der Waals surface area contributed by atoms with Gasteiger partial charge in [-0.25, -0.2) is 18.7 Å². The minimum Gasteiger partial charge on any atom is -0.461 e. The maximum Gasteiger partial charge on any atom is 0.359 e. The lowest BCUT2D eigenvalue weighted by Gasteiger charge is -2.08.